The molecule has 0 aliphatic carbocycles. The molecule has 5 heteroatoms. The van der Waals surface area contributed by atoms with E-state index in [1.54, 1.807) is 32.0 Å². The zero-order chi connectivity index (χ0) is 17.5. The molecule has 0 aliphatic rings. The van der Waals surface area contributed by atoms with Crippen molar-refractivity contribution in [2.45, 2.75) is 39.7 Å². The van der Waals surface area contributed by atoms with Gasteiger partial charge in [0.25, 0.3) is 0 Å². The Morgan fingerprint density at radius 1 is 1.00 bits per heavy atom. The van der Waals surface area contributed by atoms with Crippen LogP contribution in [0, 0.1) is 0 Å². The highest BCUT2D eigenvalue weighted by atomic mass is 16.5. The molecule has 2 rings (SSSR count). The first-order valence-electron chi connectivity index (χ1n) is 7.98. The van der Waals surface area contributed by atoms with Gasteiger partial charge < -0.3 is 9.47 Å². The second kappa shape index (κ2) is 8.24. The summed E-state index contributed by atoms with van der Waals surface area (Å²) < 4.78 is 10.4. The number of carbonyl (C=O) groups is 2. The van der Waals surface area contributed by atoms with Crippen molar-refractivity contribution in [2.75, 3.05) is 0 Å². The number of rotatable bonds is 6. The summed E-state index contributed by atoms with van der Waals surface area (Å²) in [7, 11) is 0. The molecule has 126 valence electrons. The molecule has 0 amide bonds. The number of hydrogen-bond acceptors (Lipinski definition) is 5. The molecule has 0 fully saturated rings. The molecule has 0 atom stereocenters. The fourth-order valence-corrected chi connectivity index (χ4v) is 2.11. The van der Waals surface area contributed by atoms with Crippen molar-refractivity contribution in [2.24, 2.45) is 0 Å². The van der Waals surface area contributed by atoms with E-state index in [0.717, 1.165) is 12.8 Å². The highest BCUT2D eigenvalue weighted by molar-refractivity contribution is 5.92. The predicted molar refractivity (Wildman–Crippen MR) is 90.2 cm³/mol. The third kappa shape index (κ3) is 4.91. The number of hydrogen-bond donors (Lipinski definition) is 0. The molecule has 0 bridgehead atoms. The maximum absolute atomic E-state index is 12.2. The average Bonchev–Trinajstić information content (AvgIpc) is 2.56. The molecule has 0 unspecified atom stereocenters. The van der Waals surface area contributed by atoms with Gasteiger partial charge in [-0.3, -0.25) is 0 Å². The number of esters is 2. The van der Waals surface area contributed by atoms with Gasteiger partial charge in [0.1, 0.15) is 17.1 Å². The van der Waals surface area contributed by atoms with Crippen molar-refractivity contribution in [3.05, 3.63) is 59.4 Å². The van der Waals surface area contributed by atoms with Crippen LogP contribution in [0.4, 0.5) is 0 Å². The van der Waals surface area contributed by atoms with Gasteiger partial charge in [0.15, 0.2) is 0 Å². The van der Waals surface area contributed by atoms with Gasteiger partial charge in [-0.2, -0.15) is 0 Å². The minimum absolute atomic E-state index is 0.0610. The third-order valence-corrected chi connectivity index (χ3v) is 3.18. The van der Waals surface area contributed by atoms with Gasteiger partial charge in [-0.1, -0.05) is 31.5 Å². The first kappa shape index (κ1) is 17.7. The molecule has 0 saturated heterocycles. The molecule has 5 nitrogen and oxygen atoms in total. The smallest absolute Gasteiger partial charge is 0.362 e. The van der Waals surface area contributed by atoms with E-state index in [4.69, 9.17) is 9.47 Å². The maximum Gasteiger partial charge on any atom is 0.362 e. The number of ether oxygens (including phenoxy) is 2. The largest absolute Gasteiger partial charge is 0.458 e. The Balaban J connectivity index is 2.08. The van der Waals surface area contributed by atoms with Crippen molar-refractivity contribution < 1.29 is 19.1 Å². The summed E-state index contributed by atoms with van der Waals surface area (Å²) in [4.78, 5) is 28.1. The molecule has 1 aromatic carbocycles. The second-order valence-electron chi connectivity index (χ2n) is 5.65. The summed E-state index contributed by atoms with van der Waals surface area (Å²) >= 11 is 0. The van der Waals surface area contributed by atoms with Crippen LogP contribution >= 0.6 is 0 Å². The summed E-state index contributed by atoms with van der Waals surface area (Å²) in [6.45, 7) is 5.60. The highest BCUT2D eigenvalue weighted by Crippen LogP contribution is 2.15. The molecule has 0 aliphatic heterocycles. The van der Waals surface area contributed by atoms with E-state index in [1.807, 2.05) is 12.1 Å². The van der Waals surface area contributed by atoms with Crippen LogP contribution in [-0.2, 0) is 11.2 Å². The van der Waals surface area contributed by atoms with Gasteiger partial charge in [0, 0.05) is 0 Å². The van der Waals surface area contributed by atoms with E-state index >= 15 is 0 Å². The summed E-state index contributed by atoms with van der Waals surface area (Å²) in [5.41, 5.74) is 1.33. The quantitative estimate of drug-likeness (QED) is 0.596. The normalized spacial score (nSPS) is 10.5. The molecule has 0 spiro atoms. The fourth-order valence-electron chi connectivity index (χ4n) is 2.11. The minimum Gasteiger partial charge on any atom is -0.458 e. The van der Waals surface area contributed by atoms with Crippen LogP contribution in [0.5, 0.6) is 5.75 Å². The summed E-state index contributed by atoms with van der Waals surface area (Å²) in [6.07, 6.45) is 1.79. The Kier molecular flexibility index (Phi) is 6.07. The van der Waals surface area contributed by atoms with Gasteiger partial charge in [0.05, 0.1) is 6.10 Å². The van der Waals surface area contributed by atoms with Crippen molar-refractivity contribution in [3.63, 3.8) is 0 Å². The van der Waals surface area contributed by atoms with Gasteiger partial charge in [-0.05, 0) is 50.1 Å². The minimum atomic E-state index is -0.613. The lowest BCUT2D eigenvalue weighted by atomic mass is 10.1. The highest BCUT2D eigenvalue weighted by Gasteiger charge is 2.16. The molecule has 2 aromatic rings. The van der Waals surface area contributed by atoms with Crippen LogP contribution in [0.3, 0.4) is 0 Å². The molecule has 24 heavy (non-hydrogen) atoms. The molecule has 1 heterocycles. The number of aromatic nitrogens is 1. The summed E-state index contributed by atoms with van der Waals surface area (Å²) in [5.74, 6) is -0.738. The first-order valence-corrected chi connectivity index (χ1v) is 7.98. The summed E-state index contributed by atoms with van der Waals surface area (Å²) in [6, 6.07) is 11.9. The van der Waals surface area contributed by atoms with E-state index in [0.29, 0.717) is 5.75 Å². The first-order chi connectivity index (χ1) is 11.5. The predicted octanol–water partition coefficient (Wildman–Crippen LogP) is 3.82. The molecule has 0 N–H and O–H groups in total. The maximum atomic E-state index is 12.2. The number of carbonyl (C=O) groups excluding carboxylic acids is 2. The Morgan fingerprint density at radius 3 is 2.21 bits per heavy atom. The van der Waals surface area contributed by atoms with Crippen LogP contribution in [-0.4, -0.2) is 23.0 Å². The number of benzene rings is 1. The van der Waals surface area contributed by atoms with Crippen molar-refractivity contribution in [3.8, 4) is 5.75 Å². The standard InChI is InChI=1S/C19H21NO4/c1-4-6-14-9-11-15(12-10-14)24-19(22)17-8-5-7-16(20-17)18(21)23-13(2)3/h5,7-13H,4,6H2,1-3H3. The topological polar surface area (TPSA) is 65.5 Å². The zero-order valence-electron chi connectivity index (χ0n) is 14.1. The van der Waals surface area contributed by atoms with E-state index in [2.05, 4.69) is 11.9 Å². The van der Waals surface area contributed by atoms with E-state index in [1.165, 1.54) is 17.7 Å². The Bertz CT molecular complexity index is 708. The SMILES string of the molecule is CCCc1ccc(OC(=O)c2cccc(C(=O)OC(C)C)n2)cc1. The average molecular weight is 327 g/mol. The van der Waals surface area contributed by atoms with Crippen LogP contribution in [0.1, 0.15) is 53.7 Å². The van der Waals surface area contributed by atoms with Crippen LogP contribution in [0.15, 0.2) is 42.5 Å². The van der Waals surface area contributed by atoms with Gasteiger partial charge in [-0.15, -0.1) is 0 Å². The lowest BCUT2D eigenvalue weighted by Gasteiger charge is -2.08. The fraction of sp³-hybridized carbons (Fsp3) is 0.316. The van der Waals surface area contributed by atoms with E-state index in [-0.39, 0.29) is 17.5 Å². The molecule has 1 aromatic heterocycles. The van der Waals surface area contributed by atoms with Crippen LogP contribution in [0.25, 0.3) is 0 Å². The molecule has 0 radical (unpaired) electrons. The number of nitrogens with zero attached hydrogens (tertiary/aromatic N) is 1. The Morgan fingerprint density at radius 2 is 1.62 bits per heavy atom. The summed E-state index contributed by atoms with van der Waals surface area (Å²) in [5, 5.41) is 0. The lowest BCUT2D eigenvalue weighted by molar-refractivity contribution is 0.0370. The molecular weight excluding hydrogens is 306 g/mol. The van der Waals surface area contributed by atoms with Crippen molar-refractivity contribution in [1.82, 2.24) is 4.98 Å². The van der Waals surface area contributed by atoms with Gasteiger partial charge in [0.2, 0.25) is 0 Å². The van der Waals surface area contributed by atoms with E-state index < -0.39 is 11.9 Å². The lowest BCUT2D eigenvalue weighted by Crippen LogP contribution is -2.16. The molecular formula is C19H21NO4. The van der Waals surface area contributed by atoms with Gasteiger partial charge in [-0.25, -0.2) is 14.6 Å². The third-order valence-electron chi connectivity index (χ3n) is 3.18. The van der Waals surface area contributed by atoms with Crippen LogP contribution < -0.4 is 4.74 Å². The van der Waals surface area contributed by atoms with E-state index in [9.17, 15) is 9.59 Å². The van der Waals surface area contributed by atoms with Crippen molar-refractivity contribution >= 4 is 11.9 Å². The molecule has 0 saturated carbocycles. The Labute approximate surface area is 141 Å². The number of pyridine rings is 1. The number of aryl methyl sites for hydroxylation is 1. The van der Waals surface area contributed by atoms with Gasteiger partial charge >= 0.3 is 11.9 Å². The Hall–Kier alpha value is -2.69. The second-order valence-corrected chi connectivity index (χ2v) is 5.65. The van der Waals surface area contributed by atoms with Crippen LogP contribution in [0.2, 0.25) is 0 Å². The zero-order valence-corrected chi connectivity index (χ0v) is 14.1. The monoisotopic (exact) mass is 327 g/mol. The van der Waals surface area contributed by atoms with Crippen molar-refractivity contribution in [1.29, 1.82) is 0 Å².